The number of nitrogens with two attached hydrogens (primary N) is 1. The van der Waals surface area contributed by atoms with Crippen LogP contribution < -0.4 is 16.0 Å². The molecule has 1 atom stereocenters. The fraction of sp³-hybridized carbons (Fsp3) is 0.267. The molecule has 0 aliphatic rings. The number of nitrogens with zero attached hydrogens (tertiary/aromatic N) is 1. The van der Waals surface area contributed by atoms with Gasteiger partial charge in [-0.25, -0.2) is 5.43 Å². The third-order valence-corrected chi connectivity index (χ3v) is 3.67. The summed E-state index contributed by atoms with van der Waals surface area (Å²) in [5.41, 5.74) is 4.54. The zero-order valence-corrected chi connectivity index (χ0v) is 13.3. The minimum Gasteiger partial charge on any atom is -0.491 e. The van der Waals surface area contributed by atoms with Crippen molar-refractivity contribution in [1.82, 2.24) is 10.4 Å². The molecular formula is C15H18BrN3O2. The Labute approximate surface area is 132 Å². The molecule has 0 amide bonds. The topological polar surface area (TPSA) is 69.4 Å². The van der Waals surface area contributed by atoms with Crippen LogP contribution in [0.4, 0.5) is 0 Å². The van der Waals surface area contributed by atoms with Crippen LogP contribution in [0.3, 0.4) is 0 Å². The van der Waals surface area contributed by atoms with Crippen LogP contribution >= 0.6 is 15.9 Å². The minimum atomic E-state index is -0.265. The SMILES string of the molecule is COCCOc1ccccc1C(NN)c1ncccc1Br. The predicted octanol–water partition coefficient (Wildman–Crippen LogP) is 2.42. The van der Waals surface area contributed by atoms with Gasteiger partial charge in [0.15, 0.2) is 0 Å². The lowest BCUT2D eigenvalue weighted by Gasteiger charge is -2.20. The second-order valence-corrected chi connectivity index (χ2v) is 5.20. The number of para-hydroxylation sites is 1. The molecule has 2 aromatic rings. The second-order valence-electron chi connectivity index (χ2n) is 4.35. The van der Waals surface area contributed by atoms with E-state index in [1.165, 1.54) is 0 Å². The van der Waals surface area contributed by atoms with Crippen LogP contribution in [0.15, 0.2) is 47.1 Å². The summed E-state index contributed by atoms with van der Waals surface area (Å²) in [5.74, 6) is 6.50. The van der Waals surface area contributed by atoms with Gasteiger partial charge in [-0.1, -0.05) is 18.2 Å². The monoisotopic (exact) mass is 351 g/mol. The first kappa shape index (κ1) is 15.9. The van der Waals surface area contributed by atoms with E-state index in [0.29, 0.717) is 13.2 Å². The number of pyridine rings is 1. The van der Waals surface area contributed by atoms with E-state index in [1.807, 2.05) is 36.4 Å². The maximum atomic E-state index is 5.76. The molecule has 1 aromatic heterocycles. The first-order valence-corrected chi connectivity index (χ1v) is 7.34. The van der Waals surface area contributed by atoms with E-state index in [1.54, 1.807) is 13.3 Å². The van der Waals surface area contributed by atoms with E-state index < -0.39 is 0 Å². The van der Waals surface area contributed by atoms with Crippen LogP contribution in [0.25, 0.3) is 0 Å². The summed E-state index contributed by atoms with van der Waals surface area (Å²) < 4.78 is 11.7. The molecule has 2 rings (SSSR count). The smallest absolute Gasteiger partial charge is 0.124 e. The van der Waals surface area contributed by atoms with Crippen LogP contribution in [-0.2, 0) is 4.74 Å². The molecule has 0 bridgehead atoms. The van der Waals surface area contributed by atoms with Crippen molar-refractivity contribution >= 4 is 15.9 Å². The highest BCUT2D eigenvalue weighted by Gasteiger charge is 2.20. The van der Waals surface area contributed by atoms with Crippen molar-refractivity contribution in [2.45, 2.75) is 6.04 Å². The first-order chi connectivity index (χ1) is 10.3. The van der Waals surface area contributed by atoms with E-state index in [2.05, 4.69) is 26.3 Å². The van der Waals surface area contributed by atoms with E-state index in [9.17, 15) is 0 Å². The Balaban J connectivity index is 2.32. The lowest BCUT2D eigenvalue weighted by Crippen LogP contribution is -2.30. The molecule has 0 aliphatic carbocycles. The van der Waals surface area contributed by atoms with E-state index in [4.69, 9.17) is 15.3 Å². The molecule has 1 unspecified atom stereocenters. The van der Waals surface area contributed by atoms with Gasteiger partial charge in [-0.05, 0) is 34.1 Å². The molecule has 0 saturated carbocycles. The number of aromatic nitrogens is 1. The number of hydrogen-bond donors (Lipinski definition) is 2. The van der Waals surface area contributed by atoms with E-state index >= 15 is 0 Å². The molecule has 0 spiro atoms. The van der Waals surface area contributed by atoms with E-state index in [-0.39, 0.29) is 6.04 Å². The highest BCUT2D eigenvalue weighted by Crippen LogP contribution is 2.31. The predicted molar refractivity (Wildman–Crippen MR) is 84.9 cm³/mol. The zero-order valence-electron chi connectivity index (χ0n) is 11.8. The number of nitrogens with one attached hydrogen (secondary N) is 1. The van der Waals surface area contributed by atoms with Gasteiger partial charge in [0, 0.05) is 23.3 Å². The Morgan fingerprint density at radius 1 is 1.24 bits per heavy atom. The third kappa shape index (κ3) is 4.01. The molecule has 0 aliphatic heterocycles. The molecule has 1 aromatic carbocycles. The van der Waals surface area contributed by atoms with Crippen molar-refractivity contribution in [2.24, 2.45) is 5.84 Å². The molecule has 112 valence electrons. The normalized spacial score (nSPS) is 12.1. The molecule has 0 saturated heterocycles. The van der Waals surface area contributed by atoms with Gasteiger partial charge in [0.2, 0.25) is 0 Å². The number of hydrazine groups is 1. The summed E-state index contributed by atoms with van der Waals surface area (Å²) in [6.07, 6.45) is 1.73. The van der Waals surface area contributed by atoms with Crippen LogP contribution in [0.1, 0.15) is 17.3 Å². The average molecular weight is 352 g/mol. The van der Waals surface area contributed by atoms with E-state index in [0.717, 1.165) is 21.5 Å². The van der Waals surface area contributed by atoms with Crippen molar-refractivity contribution in [3.8, 4) is 5.75 Å². The summed E-state index contributed by atoms with van der Waals surface area (Å²) >= 11 is 3.50. The molecule has 5 nitrogen and oxygen atoms in total. The van der Waals surface area contributed by atoms with Gasteiger partial charge in [-0.15, -0.1) is 0 Å². The van der Waals surface area contributed by atoms with Crippen molar-refractivity contribution in [1.29, 1.82) is 0 Å². The molecule has 1 heterocycles. The van der Waals surface area contributed by atoms with Gasteiger partial charge in [-0.2, -0.15) is 0 Å². The van der Waals surface area contributed by atoms with Gasteiger partial charge in [0.1, 0.15) is 12.4 Å². The fourth-order valence-electron chi connectivity index (χ4n) is 2.01. The number of rotatable bonds is 7. The summed E-state index contributed by atoms with van der Waals surface area (Å²) in [7, 11) is 1.64. The van der Waals surface area contributed by atoms with Crippen LogP contribution in [0.5, 0.6) is 5.75 Å². The largest absolute Gasteiger partial charge is 0.491 e. The second kappa shape index (κ2) is 8.09. The summed E-state index contributed by atoms with van der Waals surface area (Å²) in [6, 6.07) is 11.3. The van der Waals surface area contributed by atoms with Crippen molar-refractivity contribution in [3.63, 3.8) is 0 Å². The highest BCUT2D eigenvalue weighted by atomic mass is 79.9. The summed E-state index contributed by atoms with van der Waals surface area (Å²) in [6.45, 7) is 1.01. The molecule has 21 heavy (non-hydrogen) atoms. The standard InChI is InChI=1S/C15H18BrN3O2/c1-20-9-10-21-13-7-3-2-5-11(13)14(19-17)15-12(16)6-4-8-18-15/h2-8,14,19H,9-10,17H2,1H3. The van der Waals surface area contributed by atoms with Gasteiger partial charge in [-0.3, -0.25) is 10.8 Å². The van der Waals surface area contributed by atoms with Crippen molar-refractivity contribution < 1.29 is 9.47 Å². The van der Waals surface area contributed by atoms with Crippen molar-refractivity contribution in [2.75, 3.05) is 20.3 Å². The highest BCUT2D eigenvalue weighted by molar-refractivity contribution is 9.10. The Hall–Kier alpha value is -1.47. The first-order valence-electron chi connectivity index (χ1n) is 6.55. The van der Waals surface area contributed by atoms with Gasteiger partial charge >= 0.3 is 0 Å². The Bertz CT molecular complexity index is 580. The number of methoxy groups -OCH3 is 1. The maximum Gasteiger partial charge on any atom is 0.124 e. The Morgan fingerprint density at radius 3 is 2.76 bits per heavy atom. The number of benzene rings is 1. The zero-order chi connectivity index (χ0) is 15.1. The Morgan fingerprint density at radius 2 is 2.05 bits per heavy atom. The van der Waals surface area contributed by atoms with Crippen molar-refractivity contribution in [3.05, 3.63) is 58.3 Å². The number of ether oxygens (including phenoxy) is 2. The number of halogens is 1. The average Bonchev–Trinajstić information content (AvgIpc) is 2.51. The van der Waals surface area contributed by atoms with Crippen LogP contribution in [0, 0.1) is 0 Å². The van der Waals surface area contributed by atoms with Crippen LogP contribution in [-0.4, -0.2) is 25.3 Å². The maximum absolute atomic E-state index is 5.76. The van der Waals surface area contributed by atoms with Gasteiger partial charge < -0.3 is 9.47 Å². The lowest BCUT2D eigenvalue weighted by molar-refractivity contribution is 0.145. The lowest BCUT2D eigenvalue weighted by atomic mass is 10.0. The molecule has 0 fully saturated rings. The molecule has 6 heteroatoms. The summed E-state index contributed by atoms with van der Waals surface area (Å²) in [4.78, 5) is 4.39. The Kier molecular flexibility index (Phi) is 6.13. The fourth-order valence-corrected chi connectivity index (χ4v) is 2.50. The number of hydrogen-bond acceptors (Lipinski definition) is 5. The van der Waals surface area contributed by atoms with Crippen LogP contribution in [0.2, 0.25) is 0 Å². The molecule has 0 radical (unpaired) electrons. The summed E-state index contributed by atoms with van der Waals surface area (Å²) in [5, 5.41) is 0. The minimum absolute atomic E-state index is 0.265. The quantitative estimate of drug-likeness (QED) is 0.455. The molecular weight excluding hydrogens is 334 g/mol. The third-order valence-electron chi connectivity index (χ3n) is 3.00. The van der Waals surface area contributed by atoms with Gasteiger partial charge in [0.05, 0.1) is 18.3 Å². The molecule has 3 N–H and O–H groups in total. The van der Waals surface area contributed by atoms with Gasteiger partial charge in [0.25, 0.3) is 0 Å².